The molecule has 7 heteroatoms. The molecule has 0 fully saturated rings. The number of hydrogen-bond donors (Lipinski definition) is 2. The van der Waals surface area contributed by atoms with Crippen molar-refractivity contribution < 1.29 is 9.53 Å². The number of rotatable bonds is 4. The van der Waals surface area contributed by atoms with Gasteiger partial charge in [-0.05, 0) is 68.1 Å². The number of anilines is 1. The second-order valence-electron chi connectivity index (χ2n) is 6.71. The Balaban J connectivity index is 1.79. The summed E-state index contributed by atoms with van der Waals surface area (Å²) in [5.41, 5.74) is 2.89. The molecule has 0 amide bonds. The highest BCUT2D eigenvalue weighted by Gasteiger charge is 2.25. The Labute approximate surface area is 169 Å². The number of methoxy groups -OCH3 is 1. The Morgan fingerprint density at radius 3 is 2.63 bits per heavy atom. The van der Waals surface area contributed by atoms with E-state index < -0.39 is 0 Å². The summed E-state index contributed by atoms with van der Waals surface area (Å²) >= 11 is 7.14. The number of thiocarbonyl (C=S) groups is 1. The third kappa shape index (κ3) is 4.84. The number of esters is 1. The molecule has 0 bridgehead atoms. The minimum Gasteiger partial charge on any atom is -0.465 e. The smallest absolute Gasteiger partial charge is 0.341 e. The zero-order valence-electron chi connectivity index (χ0n) is 15.7. The molecule has 5 nitrogen and oxygen atoms in total. The van der Waals surface area contributed by atoms with Gasteiger partial charge in [-0.3, -0.25) is 4.98 Å². The summed E-state index contributed by atoms with van der Waals surface area (Å²) in [6.07, 6.45) is 10.2. The number of aromatic nitrogens is 1. The van der Waals surface area contributed by atoms with Crippen molar-refractivity contribution in [3.63, 3.8) is 0 Å². The van der Waals surface area contributed by atoms with Gasteiger partial charge in [-0.2, -0.15) is 0 Å². The van der Waals surface area contributed by atoms with E-state index in [0.717, 1.165) is 41.8 Å². The fourth-order valence-corrected chi connectivity index (χ4v) is 5.02. The minimum absolute atomic E-state index is 0.0376. The van der Waals surface area contributed by atoms with E-state index in [1.165, 1.54) is 24.8 Å². The number of thiophene rings is 1. The first kappa shape index (κ1) is 19.8. The van der Waals surface area contributed by atoms with Gasteiger partial charge in [0, 0.05) is 17.3 Å². The van der Waals surface area contributed by atoms with Gasteiger partial charge in [0.2, 0.25) is 0 Å². The molecule has 1 aliphatic rings. The van der Waals surface area contributed by atoms with Gasteiger partial charge in [0.1, 0.15) is 5.00 Å². The second-order valence-corrected chi connectivity index (χ2v) is 8.23. The molecule has 0 saturated carbocycles. The largest absolute Gasteiger partial charge is 0.465 e. The van der Waals surface area contributed by atoms with Crippen molar-refractivity contribution in [1.82, 2.24) is 10.3 Å². The average Bonchev–Trinajstić information content (AvgIpc) is 2.97. The summed E-state index contributed by atoms with van der Waals surface area (Å²) in [5.74, 6) is -0.291. The van der Waals surface area contributed by atoms with Crippen molar-refractivity contribution in [2.24, 2.45) is 0 Å². The Hall–Kier alpha value is -1.99. The molecule has 2 aromatic heterocycles. The fraction of sp³-hybridized carbons (Fsp3) is 0.450. The van der Waals surface area contributed by atoms with Crippen LogP contribution in [0.25, 0.3) is 0 Å². The van der Waals surface area contributed by atoms with E-state index in [-0.39, 0.29) is 12.0 Å². The van der Waals surface area contributed by atoms with Crippen LogP contribution in [0.2, 0.25) is 0 Å². The number of nitrogens with one attached hydrogen (secondary N) is 2. The molecule has 144 valence electrons. The minimum atomic E-state index is -0.291. The highest BCUT2D eigenvalue weighted by Crippen LogP contribution is 2.37. The molecule has 0 aliphatic heterocycles. The molecule has 2 heterocycles. The monoisotopic (exact) mass is 403 g/mol. The van der Waals surface area contributed by atoms with Gasteiger partial charge >= 0.3 is 5.97 Å². The molecule has 1 aliphatic carbocycles. The van der Waals surface area contributed by atoms with Gasteiger partial charge in [-0.15, -0.1) is 11.3 Å². The van der Waals surface area contributed by atoms with Crippen LogP contribution in [0.3, 0.4) is 0 Å². The van der Waals surface area contributed by atoms with E-state index in [9.17, 15) is 4.79 Å². The molecule has 0 saturated heterocycles. The van der Waals surface area contributed by atoms with Gasteiger partial charge in [0.05, 0.1) is 18.7 Å². The molecule has 2 aromatic rings. The number of carbonyl (C=O) groups excluding carboxylic acids is 1. The first-order valence-corrected chi connectivity index (χ1v) is 10.5. The van der Waals surface area contributed by atoms with Crippen molar-refractivity contribution in [1.29, 1.82) is 0 Å². The third-order valence-electron chi connectivity index (χ3n) is 4.84. The second kappa shape index (κ2) is 9.28. The van der Waals surface area contributed by atoms with Crippen molar-refractivity contribution in [2.45, 2.75) is 51.5 Å². The summed E-state index contributed by atoms with van der Waals surface area (Å²) < 4.78 is 5.06. The molecule has 0 aromatic carbocycles. The zero-order chi connectivity index (χ0) is 19.2. The highest BCUT2D eigenvalue weighted by molar-refractivity contribution is 7.80. The first-order chi connectivity index (χ1) is 13.1. The van der Waals surface area contributed by atoms with Gasteiger partial charge in [-0.25, -0.2) is 4.79 Å². The topological polar surface area (TPSA) is 63.2 Å². The van der Waals surface area contributed by atoms with Gasteiger partial charge in [0.25, 0.3) is 0 Å². The number of carbonyl (C=O) groups is 1. The van der Waals surface area contributed by atoms with Crippen LogP contribution in [0.5, 0.6) is 0 Å². The molecule has 0 radical (unpaired) electrons. The first-order valence-electron chi connectivity index (χ1n) is 9.30. The summed E-state index contributed by atoms with van der Waals surface area (Å²) in [5, 5.41) is 7.81. The zero-order valence-corrected chi connectivity index (χ0v) is 17.3. The molecule has 27 heavy (non-hydrogen) atoms. The van der Waals surface area contributed by atoms with E-state index in [0.29, 0.717) is 10.7 Å². The van der Waals surface area contributed by atoms with Crippen molar-refractivity contribution in [2.75, 3.05) is 12.4 Å². The van der Waals surface area contributed by atoms with E-state index >= 15 is 0 Å². The van der Waals surface area contributed by atoms with Crippen LogP contribution in [0.15, 0.2) is 24.5 Å². The predicted octanol–water partition coefficient (Wildman–Crippen LogP) is 4.64. The number of ether oxygens (including phenoxy) is 1. The number of pyridine rings is 1. The van der Waals surface area contributed by atoms with Gasteiger partial charge in [0.15, 0.2) is 5.11 Å². The number of fused-ring (bicyclic) bond motifs is 1. The molecule has 0 spiro atoms. The Morgan fingerprint density at radius 2 is 1.93 bits per heavy atom. The summed E-state index contributed by atoms with van der Waals surface area (Å²) in [7, 11) is 1.43. The normalized spacial score (nSPS) is 15.0. The highest BCUT2D eigenvalue weighted by atomic mass is 32.1. The molecular formula is C20H25N3O2S2. The van der Waals surface area contributed by atoms with Crippen LogP contribution in [0, 0.1) is 0 Å². The average molecular weight is 404 g/mol. The number of hydrogen-bond acceptors (Lipinski definition) is 5. The SMILES string of the molecule is COC(=O)c1c(NC(=S)NC(C)c2ccncc2)sc2c1CCCCCC2. The lowest BCUT2D eigenvalue weighted by Crippen LogP contribution is -2.31. The summed E-state index contributed by atoms with van der Waals surface area (Å²) in [6.45, 7) is 2.04. The van der Waals surface area contributed by atoms with E-state index in [1.807, 2.05) is 19.1 Å². The van der Waals surface area contributed by atoms with Gasteiger partial charge < -0.3 is 15.4 Å². The maximum absolute atomic E-state index is 12.5. The standard InChI is InChI=1S/C20H25N3O2S2/c1-13(14-9-11-21-12-10-14)22-20(26)23-18-17(19(24)25-2)15-7-5-3-4-6-8-16(15)27-18/h9-13H,3-8H2,1-2H3,(H2,22,23,26). The van der Waals surface area contributed by atoms with Crippen LogP contribution in [-0.4, -0.2) is 23.2 Å². The maximum atomic E-state index is 12.5. The number of nitrogens with zero attached hydrogens (tertiary/aromatic N) is 1. The lowest BCUT2D eigenvalue weighted by Gasteiger charge is -2.17. The van der Waals surface area contributed by atoms with Crippen molar-refractivity contribution in [3.05, 3.63) is 46.1 Å². The Morgan fingerprint density at radius 1 is 1.22 bits per heavy atom. The lowest BCUT2D eigenvalue weighted by molar-refractivity contribution is 0.0601. The van der Waals surface area contributed by atoms with Crippen LogP contribution in [0.1, 0.15) is 65.0 Å². The van der Waals surface area contributed by atoms with Crippen molar-refractivity contribution in [3.8, 4) is 0 Å². The van der Waals surface area contributed by atoms with E-state index in [2.05, 4.69) is 15.6 Å². The molecule has 1 unspecified atom stereocenters. The van der Waals surface area contributed by atoms with Gasteiger partial charge in [-0.1, -0.05) is 12.8 Å². The maximum Gasteiger partial charge on any atom is 0.341 e. The predicted molar refractivity (Wildman–Crippen MR) is 114 cm³/mol. The lowest BCUT2D eigenvalue weighted by atomic mass is 9.96. The Kier molecular flexibility index (Phi) is 6.79. The van der Waals surface area contributed by atoms with Crippen LogP contribution in [-0.2, 0) is 17.6 Å². The van der Waals surface area contributed by atoms with Crippen LogP contribution >= 0.6 is 23.6 Å². The molecule has 2 N–H and O–H groups in total. The summed E-state index contributed by atoms with van der Waals surface area (Å²) in [6, 6.07) is 3.95. The molecule has 1 atom stereocenters. The molecule has 3 rings (SSSR count). The van der Waals surface area contributed by atoms with Crippen LogP contribution < -0.4 is 10.6 Å². The van der Waals surface area contributed by atoms with Crippen LogP contribution in [0.4, 0.5) is 5.00 Å². The molecular weight excluding hydrogens is 378 g/mol. The number of aryl methyl sites for hydroxylation is 1. The summed E-state index contributed by atoms with van der Waals surface area (Å²) in [4.78, 5) is 17.8. The van der Waals surface area contributed by atoms with Crippen molar-refractivity contribution >= 4 is 39.6 Å². The Bertz CT molecular complexity index is 805. The van der Waals surface area contributed by atoms with E-state index in [1.54, 1.807) is 23.7 Å². The third-order valence-corrected chi connectivity index (χ3v) is 6.27. The fourth-order valence-electron chi connectivity index (χ4n) is 3.40. The quantitative estimate of drug-likeness (QED) is 0.573. The van der Waals surface area contributed by atoms with E-state index in [4.69, 9.17) is 17.0 Å².